The molecule has 124 valence electrons. The molecule has 0 aromatic heterocycles. The Morgan fingerprint density at radius 3 is 2.55 bits per heavy atom. The molecule has 0 heterocycles. The number of ether oxygens (including phenoxy) is 1. The molecule has 0 fully saturated rings. The maximum atomic E-state index is 13.7. The molecule has 5 heteroatoms. The molecule has 1 rings (SSSR count). The van der Waals surface area contributed by atoms with Crippen molar-refractivity contribution in [2.45, 2.75) is 52.0 Å². The number of rotatable bonds is 9. The largest absolute Gasteiger partial charge is 0.489 e. The van der Waals surface area contributed by atoms with Gasteiger partial charge in [-0.25, -0.2) is 4.39 Å². The molecular weight excluding hydrogens is 301 g/mol. The van der Waals surface area contributed by atoms with E-state index in [1.54, 1.807) is 6.07 Å². The smallest absolute Gasteiger partial charge is 0.135 e. The van der Waals surface area contributed by atoms with Crippen molar-refractivity contribution >= 4 is 18.4 Å². The highest BCUT2D eigenvalue weighted by atomic mass is 32.1. The summed E-state index contributed by atoms with van der Waals surface area (Å²) in [5.74, 6) is 0.353. The molecule has 0 bridgehead atoms. The van der Waals surface area contributed by atoms with Gasteiger partial charge in [0, 0.05) is 30.3 Å². The van der Waals surface area contributed by atoms with Gasteiger partial charge in [0.25, 0.3) is 0 Å². The minimum atomic E-state index is -0.341. The molecule has 1 N–H and O–H groups in total. The van der Waals surface area contributed by atoms with E-state index < -0.39 is 0 Å². The number of carbonyl (C=O) groups excluding carboxylic acids is 1. The van der Waals surface area contributed by atoms with Crippen LogP contribution in [-0.4, -0.2) is 23.8 Å². The molecule has 1 unspecified atom stereocenters. The lowest BCUT2D eigenvalue weighted by Crippen LogP contribution is -2.32. The van der Waals surface area contributed by atoms with Crippen molar-refractivity contribution in [3.05, 3.63) is 29.6 Å². The maximum Gasteiger partial charge on any atom is 0.135 e. The first-order valence-electron chi connectivity index (χ1n) is 7.68. The van der Waals surface area contributed by atoms with Crippen LogP contribution in [0.15, 0.2) is 18.2 Å². The van der Waals surface area contributed by atoms with E-state index in [9.17, 15) is 9.18 Å². The zero-order chi connectivity index (χ0) is 16.7. The lowest BCUT2D eigenvalue weighted by molar-refractivity contribution is -0.121. The highest BCUT2D eigenvalue weighted by Gasteiger charge is 2.10. The third-order valence-electron chi connectivity index (χ3n) is 3.27. The quantitative estimate of drug-likeness (QED) is 0.537. The lowest BCUT2D eigenvalue weighted by atomic mass is 10.0. The number of halogens is 1. The molecule has 0 aliphatic heterocycles. The molecule has 0 amide bonds. The number of benzene rings is 1. The summed E-state index contributed by atoms with van der Waals surface area (Å²) in [6, 6.07) is 4.63. The van der Waals surface area contributed by atoms with E-state index >= 15 is 0 Å². The highest BCUT2D eigenvalue weighted by Crippen LogP contribution is 2.19. The molecule has 3 nitrogen and oxygen atoms in total. The van der Waals surface area contributed by atoms with E-state index in [1.807, 2.05) is 27.7 Å². The Kier molecular flexibility index (Phi) is 7.90. The van der Waals surface area contributed by atoms with E-state index in [0.717, 1.165) is 5.56 Å². The summed E-state index contributed by atoms with van der Waals surface area (Å²) in [4.78, 5) is 11.7. The molecule has 0 radical (unpaired) electrons. The molecule has 1 aromatic carbocycles. The van der Waals surface area contributed by atoms with Crippen molar-refractivity contribution in [2.24, 2.45) is 5.92 Å². The first kappa shape index (κ1) is 19.0. The molecule has 0 aliphatic rings. The zero-order valence-corrected chi connectivity index (χ0v) is 14.6. The second-order valence-electron chi connectivity index (χ2n) is 5.93. The minimum Gasteiger partial charge on any atom is -0.489 e. The first-order valence-corrected chi connectivity index (χ1v) is 8.20. The Bertz CT molecular complexity index is 492. The average Bonchev–Trinajstić information content (AvgIpc) is 2.41. The van der Waals surface area contributed by atoms with Gasteiger partial charge >= 0.3 is 0 Å². The summed E-state index contributed by atoms with van der Waals surface area (Å²) in [5, 5.41) is 3.23. The van der Waals surface area contributed by atoms with Crippen LogP contribution in [0, 0.1) is 11.7 Å². The van der Waals surface area contributed by atoms with E-state index in [-0.39, 0.29) is 29.0 Å². The number of Topliss-reactive ketones (excluding diaryl/α,β-unsaturated/α-hetero) is 1. The predicted octanol–water partition coefficient (Wildman–Crippen LogP) is 3.62. The Morgan fingerprint density at radius 1 is 1.27 bits per heavy atom. The molecule has 22 heavy (non-hydrogen) atoms. The zero-order valence-electron chi connectivity index (χ0n) is 13.7. The van der Waals surface area contributed by atoms with Crippen LogP contribution in [0.5, 0.6) is 5.75 Å². The van der Waals surface area contributed by atoms with Gasteiger partial charge in [0.15, 0.2) is 0 Å². The standard InChI is InChI=1S/C17H26FNO2S/c1-11(2)17(20)6-5-14-7-15(18)9-16(8-14)21-12(3)10-19-13(4)22/h7-9,11-13,19,22H,5-6,10H2,1-4H3/t12-,13?/m1/s1. The van der Waals surface area contributed by atoms with Crippen LogP contribution in [0.3, 0.4) is 0 Å². The summed E-state index contributed by atoms with van der Waals surface area (Å²) >= 11 is 4.24. The topological polar surface area (TPSA) is 38.3 Å². The van der Waals surface area contributed by atoms with Gasteiger partial charge in [0.2, 0.25) is 0 Å². The van der Waals surface area contributed by atoms with Crippen LogP contribution in [0.2, 0.25) is 0 Å². The van der Waals surface area contributed by atoms with Crippen LogP contribution in [-0.2, 0) is 11.2 Å². The van der Waals surface area contributed by atoms with Crippen molar-refractivity contribution < 1.29 is 13.9 Å². The van der Waals surface area contributed by atoms with Gasteiger partial charge in [-0.1, -0.05) is 13.8 Å². The monoisotopic (exact) mass is 327 g/mol. The second kappa shape index (κ2) is 9.16. The van der Waals surface area contributed by atoms with Crippen molar-refractivity contribution in [2.75, 3.05) is 6.54 Å². The SMILES string of the molecule is CC(S)NC[C@@H](C)Oc1cc(F)cc(CCC(=O)C(C)C)c1. The van der Waals surface area contributed by atoms with Gasteiger partial charge in [0.1, 0.15) is 23.5 Å². The fraction of sp³-hybridized carbons (Fsp3) is 0.588. The first-order chi connectivity index (χ1) is 10.3. The van der Waals surface area contributed by atoms with E-state index in [1.165, 1.54) is 12.1 Å². The fourth-order valence-electron chi connectivity index (χ4n) is 2.00. The summed E-state index contributed by atoms with van der Waals surface area (Å²) in [7, 11) is 0. The average molecular weight is 327 g/mol. The normalized spacial score (nSPS) is 14.0. The number of thiol groups is 1. The van der Waals surface area contributed by atoms with Crippen LogP contribution in [0.4, 0.5) is 4.39 Å². The minimum absolute atomic E-state index is 0.0126. The number of nitrogens with one attached hydrogen (secondary N) is 1. The van der Waals surface area contributed by atoms with Gasteiger partial charge in [-0.3, -0.25) is 4.79 Å². The van der Waals surface area contributed by atoms with Gasteiger partial charge in [-0.05, 0) is 38.0 Å². The summed E-state index contributed by atoms with van der Waals surface area (Å²) in [6.45, 7) is 8.22. The van der Waals surface area contributed by atoms with Gasteiger partial charge in [-0.15, -0.1) is 0 Å². The highest BCUT2D eigenvalue weighted by molar-refractivity contribution is 7.80. The van der Waals surface area contributed by atoms with Gasteiger partial charge in [-0.2, -0.15) is 12.6 Å². The van der Waals surface area contributed by atoms with Gasteiger partial charge < -0.3 is 10.1 Å². The second-order valence-corrected chi connectivity index (χ2v) is 6.70. The van der Waals surface area contributed by atoms with Crippen LogP contribution >= 0.6 is 12.6 Å². The number of aryl methyl sites for hydroxylation is 1. The Balaban J connectivity index is 2.63. The van der Waals surface area contributed by atoms with Crippen molar-refractivity contribution in [3.8, 4) is 5.75 Å². The summed E-state index contributed by atoms with van der Waals surface area (Å²) in [6.07, 6.45) is 0.863. The van der Waals surface area contributed by atoms with Crippen LogP contribution < -0.4 is 10.1 Å². The molecular formula is C17H26FNO2S. The fourth-order valence-corrected chi connectivity index (χ4v) is 2.11. The number of carbonyl (C=O) groups is 1. The predicted molar refractivity (Wildman–Crippen MR) is 91.1 cm³/mol. The van der Waals surface area contributed by atoms with Crippen molar-refractivity contribution in [1.82, 2.24) is 5.32 Å². The molecule has 1 aromatic rings. The Hall–Kier alpha value is -1.07. The third-order valence-corrected chi connectivity index (χ3v) is 3.46. The van der Waals surface area contributed by atoms with E-state index in [4.69, 9.17) is 4.74 Å². The number of ketones is 1. The molecule has 0 aliphatic carbocycles. The van der Waals surface area contributed by atoms with E-state index in [2.05, 4.69) is 17.9 Å². The summed E-state index contributed by atoms with van der Waals surface area (Å²) in [5.41, 5.74) is 0.784. The summed E-state index contributed by atoms with van der Waals surface area (Å²) < 4.78 is 19.4. The van der Waals surface area contributed by atoms with Crippen molar-refractivity contribution in [1.29, 1.82) is 0 Å². The van der Waals surface area contributed by atoms with Crippen molar-refractivity contribution in [3.63, 3.8) is 0 Å². The molecule has 0 saturated heterocycles. The lowest BCUT2D eigenvalue weighted by Gasteiger charge is -2.17. The van der Waals surface area contributed by atoms with Gasteiger partial charge in [0.05, 0.1) is 0 Å². The maximum absolute atomic E-state index is 13.7. The van der Waals surface area contributed by atoms with E-state index in [0.29, 0.717) is 25.1 Å². The van der Waals surface area contributed by atoms with Crippen LogP contribution in [0.25, 0.3) is 0 Å². The molecule has 2 atom stereocenters. The number of hydrogen-bond donors (Lipinski definition) is 2. The van der Waals surface area contributed by atoms with Crippen LogP contribution in [0.1, 0.15) is 39.7 Å². The molecule has 0 saturated carbocycles. The Morgan fingerprint density at radius 2 is 1.95 bits per heavy atom. The molecule has 0 spiro atoms. The third kappa shape index (κ3) is 7.27. The Labute approximate surface area is 138 Å². The number of hydrogen-bond acceptors (Lipinski definition) is 4.